The lowest BCUT2D eigenvalue weighted by Gasteiger charge is -2.32. The van der Waals surface area contributed by atoms with Crippen LogP contribution in [0.4, 0.5) is 0 Å². The molecule has 6 rings (SSSR count). The van der Waals surface area contributed by atoms with E-state index in [9.17, 15) is 4.79 Å². The summed E-state index contributed by atoms with van der Waals surface area (Å²) < 4.78 is 8.59. The topological polar surface area (TPSA) is 56.1 Å². The van der Waals surface area contributed by atoms with Gasteiger partial charge in [-0.05, 0) is 52.4 Å². The second-order valence-corrected chi connectivity index (χ2v) is 9.89. The van der Waals surface area contributed by atoms with Crippen LogP contribution in [0.25, 0.3) is 22.2 Å². The highest BCUT2D eigenvalue weighted by Gasteiger charge is 2.31. The zero-order valence-corrected chi connectivity index (χ0v) is 22.5. The number of carbonyl (C=O) groups excluding carboxylic acids is 1. The molecule has 1 aromatic heterocycles. The van der Waals surface area contributed by atoms with Crippen LogP contribution in [0.2, 0.25) is 0 Å². The quantitative estimate of drug-likeness (QED) is 0.257. The number of rotatable bonds is 5. The van der Waals surface area contributed by atoms with Crippen molar-refractivity contribution in [1.29, 1.82) is 0 Å². The Labute approximate surface area is 228 Å². The van der Waals surface area contributed by atoms with Crippen molar-refractivity contribution >= 4 is 29.3 Å². The van der Waals surface area contributed by atoms with E-state index in [1.807, 2.05) is 60.9 Å². The first kappa shape index (κ1) is 25.6. The first-order valence-electron chi connectivity index (χ1n) is 12.7. The fourth-order valence-electron chi connectivity index (χ4n) is 5.47. The third-order valence-electron chi connectivity index (χ3n) is 7.09. The van der Waals surface area contributed by atoms with E-state index in [4.69, 9.17) is 4.74 Å². The fraction of sp³-hybridized carbons (Fsp3) is 0.188. The van der Waals surface area contributed by atoms with Crippen LogP contribution in [-0.4, -0.2) is 15.5 Å². The second-order valence-electron chi connectivity index (χ2n) is 9.89. The van der Waals surface area contributed by atoms with E-state index < -0.39 is 0 Å². The van der Waals surface area contributed by atoms with Crippen molar-refractivity contribution in [3.05, 3.63) is 114 Å². The SMILES string of the molecule is CC(=O)NC1c2ccccc2Oc2cccc(-c3c(Cn4cnc5ccccc54)cccc3C(C)C)c21.Cl. The molecule has 2 heterocycles. The van der Waals surface area contributed by atoms with Crippen molar-refractivity contribution in [2.24, 2.45) is 0 Å². The number of hydrogen-bond donors (Lipinski definition) is 1. The van der Waals surface area contributed by atoms with Crippen LogP contribution in [0, 0.1) is 0 Å². The van der Waals surface area contributed by atoms with E-state index in [0.29, 0.717) is 12.5 Å². The van der Waals surface area contributed by atoms with Gasteiger partial charge in [0.25, 0.3) is 0 Å². The highest BCUT2D eigenvalue weighted by atomic mass is 35.5. The molecule has 1 amide bonds. The van der Waals surface area contributed by atoms with Gasteiger partial charge in [-0.15, -0.1) is 12.4 Å². The Balaban J connectivity index is 0.00000294. The number of nitrogens with zero attached hydrogens (tertiary/aromatic N) is 2. The van der Waals surface area contributed by atoms with Gasteiger partial charge in [-0.3, -0.25) is 4.79 Å². The molecule has 0 aliphatic carbocycles. The summed E-state index contributed by atoms with van der Waals surface area (Å²) in [6, 6.07) is 28.6. The molecule has 1 aliphatic heterocycles. The Kier molecular flexibility index (Phi) is 6.96. The van der Waals surface area contributed by atoms with Crippen molar-refractivity contribution in [3.8, 4) is 22.6 Å². The summed E-state index contributed by atoms with van der Waals surface area (Å²) in [4.78, 5) is 17.0. The van der Waals surface area contributed by atoms with E-state index >= 15 is 0 Å². The van der Waals surface area contributed by atoms with Crippen molar-refractivity contribution in [1.82, 2.24) is 14.9 Å². The number of nitrogens with one attached hydrogen (secondary N) is 1. The van der Waals surface area contributed by atoms with Crippen LogP contribution in [0.15, 0.2) is 91.3 Å². The van der Waals surface area contributed by atoms with Gasteiger partial charge in [-0.25, -0.2) is 4.98 Å². The molecule has 0 bridgehead atoms. The van der Waals surface area contributed by atoms with Crippen molar-refractivity contribution in [3.63, 3.8) is 0 Å². The van der Waals surface area contributed by atoms with E-state index in [0.717, 1.165) is 39.2 Å². The van der Waals surface area contributed by atoms with Gasteiger partial charge in [0, 0.05) is 24.6 Å². The molecule has 38 heavy (non-hydrogen) atoms. The number of para-hydroxylation sites is 3. The Morgan fingerprint density at radius 2 is 1.68 bits per heavy atom. The van der Waals surface area contributed by atoms with Crippen LogP contribution >= 0.6 is 12.4 Å². The maximum Gasteiger partial charge on any atom is 0.217 e. The van der Waals surface area contributed by atoms with Crippen molar-refractivity contribution < 1.29 is 9.53 Å². The number of halogens is 1. The first-order valence-corrected chi connectivity index (χ1v) is 12.7. The highest BCUT2D eigenvalue weighted by molar-refractivity contribution is 5.85. The van der Waals surface area contributed by atoms with Gasteiger partial charge in [0.1, 0.15) is 11.5 Å². The molecule has 6 heteroatoms. The molecule has 5 nitrogen and oxygen atoms in total. The minimum absolute atomic E-state index is 0. The number of ether oxygens (including phenoxy) is 1. The zero-order valence-electron chi connectivity index (χ0n) is 21.6. The average molecular weight is 524 g/mol. The Bertz CT molecular complexity index is 1640. The van der Waals surface area contributed by atoms with Gasteiger partial charge in [-0.2, -0.15) is 0 Å². The van der Waals surface area contributed by atoms with Gasteiger partial charge in [0.05, 0.1) is 23.4 Å². The van der Waals surface area contributed by atoms with E-state index in [2.05, 4.69) is 59.0 Å². The number of aromatic nitrogens is 2. The van der Waals surface area contributed by atoms with Crippen LogP contribution in [0.5, 0.6) is 11.5 Å². The van der Waals surface area contributed by atoms with Gasteiger partial charge < -0.3 is 14.6 Å². The summed E-state index contributed by atoms with van der Waals surface area (Å²) in [5, 5.41) is 3.21. The highest BCUT2D eigenvalue weighted by Crippen LogP contribution is 2.48. The van der Waals surface area contributed by atoms with Gasteiger partial charge in [-0.1, -0.05) is 74.5 Å². The number of benzene rings is 4. The molecule has 1 atom stereocenters. The maximum absolute atomic E-state index is 12.4. The predicted octanol–water partition coefficient (Wildman–Crippen LogP) is 7.63. The fourth-order valence-corrected chi connectivity index (χ4v) is 5.47. The zero-order chi connectivity index (χ0) is 25.5. The number of carbonyl (C=O) groups is 1. The predicted molar refractivity (Wildman–Crippen MR) is 154 cm³/mol. The normalized spacial score (nSPS) is 13.8. The molecule has 4 aromatic carbocycles. The maximum atomic E-state index is 12.4. The lowest BCUT2D eigenvalue weighted by atomic mass is 9.82. The third-order valence-corrected chi connectivity index (χ3v) is 7.09. The summed E-state index contributed by atoms with van der Waals surface area (Å²) in [6.45, 7) is 6.70. The summed E-state index contributed by atoms with van der Waals surface area (Å²) in [5.74, 6) is 1.77. The lowest BCUT2D eigenvalue weighted by Crippen LogP contribution is -2.29. The second kappa shape index (κ2) is 10.3. The number of imidazole rings is 1. The van der Waals surface area contributed by atoms with Crippen LogP contribution in [0.3, 0.4) is 0 Å². The number of fused-ring (bicyclic) bond motifs is 3. The standard InChI is InChI=1S/C32H29N3O2.ClH/c1-20(2)23-12-8-10-22(18-35-19-33-26-14-5-6-15-27(26)35)30(23)25-13-9-17-29-31(25)32(34-21(3)36)24-11-4-7-16-28(24)37-29;/h4-17,19-20,32H,18H2,1-3H3,(H,34,36);1H. The molecular formula is C32H30ClN3O2. The summed E-state index contributed by atoms with van der Waals surface area (Å²) in [7, 11) is 0. The molecule has 0 saturated heterocycles. The van der Waals surface area contributed by atoms with Gasteiger partial charge in [0.2, 0.25) is 5.91 Å². The molecule has 5 aromatic rings. The third kappa shape index (κ3) is 4.44. The molecule has 0 spiro atoms. The molecule has 0 saturated carbocycles. The van der Waals surface area contributed by atoms with Crippen LogP contribution in [0.1, 0.15) is 55.0 Å². The van der Waals surface area contributed by atoms with Gasteiger partial charge in [0.15, 0.2) is 0 Å². The monoisotopic (exact) mass is 523 g/mol. The van der Waals surface area contributed by atoms with E-state index in [1.165, 1.54) is 16.7 Å². The van der Waals surface area contributed by atoms with Crippen molar-refractivity contribution in [2.75, 3.05) is 0 Å². The van der Waals surface area contributed by atoms with Crippen LogP contribution in [-0.2, 0) is 11.3 Å². The van der Waals surface area contributed by atoms with Gasteiger partial charge >= 0.3 is 0 Å². The lowest BCUT2D eigenvalue weighted by molar-refractivity contribution is -0.119. The Hall–Kier alpha value is -4.09. The number of hydrogen-bond acceptors (Lipinski definition) is 3. The molecule has 192 valence electrons. The Morgan fingerprint density at radius 3 is 2.50 bits per heavy atom. The molecule has 1 N–H and O–H groups in total. The minimum Gasteiger partial charge on any atom is -0.457 e. The molecule has 0 radical (unpaired) electrons. The summed E-state index contributed by atoms with van der Waals surface area (Å²) in [6.07, 6.45) is 1.91. The van der Waals surface area contributed by atoms with E-state index in [-0.39, 0.29) is 24.4 Å². The molecular weight excluding hydrogens is 494 g/mol. The van der Waals surface area contributed by atoms with Crippen molar-refractivity contribution in [2.45, 2.75) is 39.3 Å². The largest absolute Gasteiger partial charge is 0.457 e. The molecule has 1 unspecified atom stereocenters. The number of amides is 1. The minimum atomic E-state index is -0.309. The first-order chi connectivity index (χ1) is 18.0. The van der Waals surface area contributed by atoms with Crippen LogP contribution < -0.4 is 10.1 Å². The molecule has 1 aliphatic rings. The average Bonchev–Trinajstić information content (AvgIpc) is 3.30. The Morgan fingerprint density at radius 1 is 0.947 bits per heavy atom. The smallest absolute Gasteiger partial charge is 0.217 e. The summed E-state index contributed by atoms with van der Waals surface area (Å²) in [5.41, 5.74) is 8.76. The molecule has 0 fully saturated rings. The van der Waals surface area contributed by atoms with E-state index in [1.54, 1.807) is 6.92 Å². The summed E-state index contributed by atoms with van der Waals surface area (Å²) >= 11 is 0.